The molecule has 0 spiro atoms. The molecule has 4 nitrogen and oxygen atoms in total. The van der Waals surface area contributed by atoms with Crippen LogP contribution in [-0.2, 0) is 0 Å². The van der Waals surface area contributed by atoms with Crippen LogP contribution in [0.3, 0.4) is 0 Å². The molecule has 3 aliphatic rings. The summed E-state index contributed by atoms with van der Waals surface area (Å²) in [5.74, 6) is 1.81. The second-order valence-corrected chi connectivity index (χ2v) is 8.59. The van der Waals surface area contributed by atoms with Crippen LogP contribution in [0.4, 0.5) is 0 Å². The number of pyridine rings is 1. The number of allylic oxidation sites excluding steroid dienone is 2. The predicted molar refractivity (Wildman–Crippen MR) is 111 cm³/mol. The first-order valence-electron chi connectivity index (χ1n) is 10.3. The quantitative estimate of drug-likeness (QED) is 0.767. The van der Waals surface area contributed by atoms with Gasteiger partial charge in [0.25, 0.3) is 0 Å². The van der Waals surface area contributed by atoms with E-state index in [-0.39, 0.29) is 0 Å². The fourth-order valence-electron chi connectivity index (χ4n) is 5.22. The molecule has 142 valence electrons. The zero-order valence-corrected chi connectivity index (χ0v) is 16.4. The van der Waals surface area contributed by atoms with Crippen molar-refractivity contribution in [2.24, 2.45) is 11.8 Å². The highest BCUT2D eigenvalue weighted by Crippen LogP contribution is 2.38. The molecule has 2 fully saturated rings. The highest BCUT2D eigenvalue weighted by molar-refractivity contribution is 6.30. The van der Waals surface area contributed by atoms with Gasteiger partial charge in [0.2, 0.25) is 0 Å². The average molecular weight is 383 g/mol. The van der Waals surface area contributed by atoms with Crippen molar-refractivity contribution in [2.45, 2.75) is 38.1 Å². The first-order valence-corrected chi connectivity index (χ1v) is 10.6. The van der Waals surface area contributed by atoms with E-state index in [4.69, 9.17) is 11.6 Å². The lowest BCUT2D eigenvalue weighted by atomic mass is 9.77. The number of aromatic nitrogens is 2. The Hall–Kier alpha value is -1.78. The maximum Gasteiger partial charge on any atom is 0.137 e. The van der Waals surface area contributed by atoms with Crippen LogP contribution in [0.15, 0.2) is 41.8 Å². The Kier molecular flexibility index (Phi) is 4.70. The topological polar surface area (TPSA) is 44.0 Å². The van der Waals surface area contributed by atoms with Gasteiger partial charge in [0.05, 0.1) is 0 Å². The summed E-state index contributed by atoms with van der Waals surface area (Å²) < 4.78 is 0. The molecule has 0 radical (unpaired) electrons. The summed E-state index contributed by atoms with van der Waals surface area (Å²) in [6.07, 6.45) is 14.9. The molecule has 2 aliphatic heterocycles. The minimum atomic E-state index is 0.585. The van der Waals surface area contributed by atoms with Crippen molar-refractivity contribution < 1.29 is 0 Å². The van der Waals surface area contributed by atoms with Gasteiger partial charge in [-0.2, -0.15) is 0 Å². The molecule has 2 aromatic rings. The third-order valence-corrected chi connectivity index (χ3v) is 7.09. The van der Waals surface area contributed by atoms with Crippen molar-refractivity contribution >= 4 is 28.2 Å². The summed E-state index contributed by atoms with van der Waals surface area (Å²) in [7, 11) is 0. The van der Waals surface area contributed by atoms with Crippen molar-refractivity contribution in [1.82, 2.24) is 20.2 Å². The number of hydrogen-bond donors (Lipinski definition) is 2. The van der Waals surface area contributed by atoms with Crippen molar-refractivity contribution in [2.75, 3.05) is 19.6 Å². The van der Waals surface area contributed by atoms with Crippen LogP contribution in [0.2, 0.25) is 0 Å². The predicted octanol–water partition coefficient (Wildman–Crippen LogP) is 4.51. The third-order valence-electron chi connectivity index (χ3n) is 6.77. The van der Waals surface area contributed by atoms with E-state index in [1.54, 1.807) is 0 Å². The number of nitrogens with zero attached hydrogens (tertiary/aromatic N) is 2. The molecule has 2 aromatic heterocycles. The molecule has 4 heterocycles. The van der Waals surface area contributed by atoms with E-state index in [2.05, 4.69) is 38.4 Å². The van der Waals surface area contributed by atoms with E-state index in [1.165, 1.54) is 56.3 Å². The Balaban J connectivity index is 1.27. The summed E-state index contributed by atoms with van der Waals surface area (Å²) in [4.78, 5) is 10.1. The fourth-order valence-corrected chi connectivity index (χ4v) is 5.55. The summed E-state index contributed by atoms with van der Waals surface area (Å²) in [5, 5.41) is 5.57. The Labute approximate surface area is 165 Å². The van der Waals surface area contributed by atoms with Gasteiger partial charge in [-0.1, -0.05) is 17.7 Å². The monoisotopic (exact) mass is 382 g/mol. The second kappa shape index (κ2) is 7.33. The lowest BCUT2D eigenvalue weighted by Crippen LogP contribution is -2.38. The van der Waals surface area contributed by atoms with Crippen LogP contribution < -0.4 is 5.32 Å². The maximum absolute atomic E-state index is 6.75. The van der Waals surface area contributed by atoms with Crippen LogP contribution in [0.5, 0.6) is 0 Å². The Morgan fingerprint density at radius 3 is 2.78 bits per heavy atom. The number of aromatic amines is 1. The molecular formula is C22H27ClN4. The first kappa shape index (κ1) is 17.3. The molecule has 1 saturated carbocycles. The van der Waals surface area contributed by atoms with Gasteiger partial charge in [0.15, 0.2) is 0 Å². The van der Waals surface area contributed by atoms with Gasteiger partial charge < -0.3 is 15.2 Å². The first-order chi connectivity index (χ1) is 13.3. The second-order valence-electron chi connectivity index (χ2n) is 8.20. The minimum Gasteiger partial charge on any atom is -0.356 e. The van der Waals surface area contributed by atoms with Gasteiger partial charge in [0, 0.05) is 35.9 Å². The number of H-pyrrole nitrogens is 1. The number of nitrogens with one attached hydrogen (secondary N) is 2. The van der Waals surface area contributed by atoms with Gasteiger partial charge in [-0.3, -0.25) is 0 Å². The van der Waals surface area contributed by atoms with Crippen LogP contribution in [0, 0.1) is 11.8 Å². The van der Waals surface area contributed by atoms with E-state index in [1.807, 2.05) is 18.5 Å². The summed E-state index contributed by atoms with van der Waals surface area (Å²) >= 11 is 6.75. The molecule has 0 bridgehead atoms. The van der Waals surface area contributed by atoms with E-state index in [0.717, 1.165) is 34.6 Å². The Morgan fingerprint density at radius 2 is 2.00 bits per heavy atom. The van der Waals surface area contributed by atoms with Gasteiger partial charge in [-0.05, 0) is 80.8 Å². The normalized spacial score (nSPS) is 29.1. The third kappa shape index (κ3) is 3.30. The molecule has 0 aromatic carbocycles. The molecule has 5 rings (SSSR count). The fraction of sp³-hybridized carbons (Fsp3) is 0.500. The average Bonchev–Trinajstić information content (AvgIpc) is 3.38. The number of hydrogen-bond acceptors (Lipinski definition) is 3. The van der Waals surface area contributed by atoms with Gasteiger partial charge in [-0.25, -0.2) is 4.98 Å². The number of halogens is 1. The molecule has 1 aliphatic carbocycles. The Bertz CT molecular complexity index is 869. The molecule has 1 atom stereocenters. The van der Waals surface area contributed by atoms with E-state index in [0.29, 0.717) is 6.04 Å². The molecular weight excluding hydrogens is 356 g/mol. The molecule has 5 heteroatoms. The van der Waals surface area contributed by atoms with Crippen LogP contribution in [-0.4, -0.2) is 40.5 Å². The van der Waals surface area contributed by atoms with E-state index in [9.17, 15) is 0 Å². The molecule has 2 N–H and O–H groups in total. The van der Waals surface area contributed by atoms with Gasteiger partial charge in [-0.15, -0.1) is 0 Å². The van der Waals surface area contributed by atoms with Crippen molar-refractivity contribution in [3.05, 3.63) is 47.4 Å². The molecule has 0 amide bonds. The molecule has 1 saturated heterocycles. The maximum atomic E-state index is 6.75. The van der Waals surface area contributed by atoms with E-state index < -0.39 is 0 Å². The highest BCUT2D eigenvalue weighted by atomic mass is 35.5. The smallest absolute Gasteiger partial charge is 0.137 e. The van der Waals surface area contributed by atoms with Gasteiger partial charge in [0.1, 0.15) is 10.8 Å². The summed E-state index contributed by atoms with van der Waals surface area (Å²) in [5.41, 5.74) is 3.31. The zero-order valence-electron chi connectivity index (χ0n) is 15.6. The van der Waals surface area contributed by atoms with Crippen molar-refractivity contribution in [1.29, 1.82) is 0 Å². The van der Waals surface area contributed by atoms with Crippen molar-refractivity contribution in [3.63, 3.8) is 0 Å². The summed E-state index contributed by atoms with van der Waals surface area (Å²) in [6, 6.07) is 4.68. The van der Waals surface area contributed by atoms with Gasteiger partial charge >= 0.3 is 0 Å². The van der Waals surface area contributed by atoms with Crippen LogP contribution >= 0.6 is 11.6 Å². The number of rotatable bonds is 3. The van der Waals surface area contributed by atoms with Crippen LogP contribution in [0.1, 0.15) is 37.7 Å². The number of fused-ring (bicyclic) bond motifs is 1. The lowest BCUT2D eigenvalue weighted by Gasteiger charge is -2.40. The molecule has 27 heavy (non-hydrogen) atoms. The van der Waals surface area contributed by atoms with Crippen molar-refractivity contribution in [3.8, 4) is 0 Å². The minimum absolute atomic E-state index is 0.585. The van der Waals surface area contributed by atoms with Crippen LogP contribution in [0.25, 0.3) is 16.6 Å². The van der Waals surface area contributed by atoms with E-state index >= 15 is 0 Å². The Morgan fingerprint density at radius 1 is 1.11 bits per heavy atom. The highest BCUT2D eigenvalue weighted by Gasteiger charge is 2.32. The largest absolute Gasteiger partial charge is 0.356 e. The standard InChI is InChI=1S/C22H27ClN4/c23-21-12-16(20-14-26-22-19(20)2-1-9-25-22)8-11-27(21)18-5-3-15(4-6-18)17-7-10-24-13-17/h1-2,8-9,12,14-15,17-18,24H,3-7,10-11,13H2,(H,25,26). The SMILES string of the molecule is ClC1=CC(c2c[nH]c3ncccc23)=CCN1C1CCC(C2CCNC2)CC1. The summed E-state index contributed by atoms with van der Waals surface area (Å²) in [6.45, 7) is 3.34. The lowest BCUT2D eigenvalue weighted by molar-refractivity contribution is 0.164. The molecule has 1 unspecified atom stereocenters. The zero-order chi connectivity index (χ0) is 18.2.